The van der Waals surface area contributed by atoms with Crippen molar-refractivity contribution in [2.75, 3.05) is 19.7 Å². The number of aromatic nitrogens is 1. The SMILES string of the molecule is N#CCc1cc2ccc(-c3cccc4c3CCCC4)cc2nc1OC[C@@]12CCCN1C[C@H](F)C2. The summed E-state index contributed by atoms with van der Waals surface area (Å²) in [6, 6.07) is 17.3. The average molecular weight is 456 g/mol. The Morgan fingerprint density at radius 3 is 2.97 bits per heavy atom. The summed E-state index contributed by atoms with van der Waals surface area (Å²) < 4.78 is 20.5. The first-order chi connectivity index (χ1) is 16.6. The average Bonchev–Trinajstić information content (AvgIpc) is 3.38. The van der Waals surface area contributed by atoms with Gasteiger partial charge < -0.3 is 4.74 Å². The summed E-state index contributed by atoms with van der Waals surface area (Å²) in [4.78, 5) is 7.15. The van der Waals surface area contributed by atoms with Gasteiger partial charge in [-0.05, 0) is 79.5 Å². The molecule has 6 rings (SSSR count). The lowest BCUT2D eigenvalue weighted by atomic mass is 9.86. The van der Waals surface area contributed by atoms with E-state index in [1.54, 1.807) is 0 Å². The Morgan fingerprint density at radius 2 is 2.06 bits per heavy atom. The Balaban J connectivity index is 1.35. The van der Waals surface area contributed by atoms with Crippen molar-refractivity contribution in [1.29, 1.82) is 5.26 Å². The lowest BCUT2D eigenvalue weighted by molar-refractivity contribution is 0.110. The molecular formula is C29H30FN3O. The van der Waals surface area contributed by atoms with E-state index in [2.05, 4.69) is 47.4 Å². The maximum Gasteiger partial charge on any atom is 0.218 e. The first kappa shape index (κ1) is 21.6. The van der Waals surface area contributed by atoms with Crippen LogP contribution in [0, 0.1) is 11.3 Å². The molecule has 2 saturated heterocycles. The molecule has 0 N–H and O–H groups in total. The minimum absolute atomic E-state index is 0.231. The molecule has 3 aromatic rings. The van der Waals surface area contributed by atoms with Crippen molar-refractivity contribution >= 4 is 10.9 Å². The van der Waals surface area contributed by atoms with E-state index in [1.807, 2.05) is 6.07 Å². The van der Waals surface area contributed by atoms with Gasteiger partial charge in [0.1, 0.15) is 12.8 Å². The van der Waals surface area contributed by atoms with Crippen LogP contribution in [0.25, 0.3) is 22.0 Å². The van der Waals surface area contributed by atoms with Gasteiger partial charge in [0.2, 0.25) is 5.88 Å². The maximum atomic E-state index is 14.2. The van der Waals surface area contributed by atoms with Gasteiger partial charge in [-0.1, -0.05) is 30.3 Å². The van der Waals surface area contributed by atoms with Crippen LogP contribution in [0.3, 0.4) is 0 Å². The van der Waals surface area contributed by atoms with E-state index in [1.165, 1.54) is 35.1 Å². The number of rotatable bonds is 5. The van der Waals surface area contributed by atoms with Gasteiger partial charge in [-0.2, -0.15) is 5.26 Å². The minimum atomic E-state index is -0.786. The van der Waals surface area contributed by atoms with E-state index in [4.69, 9.17) is 9.72 Å². The summed E-state index contributed by atoms with van der Waals surface area (Å²) >= 11 is 0. The van der Waals surface area contributed by atoms with E-state index < -0.39 is 6.17 Å². The molecule has 4 nitrogen and oxygen atoms in total. The Hall–Kier alpha value is -2.97. The molecule has 0 amide bonds. The van der Waals surface area contributed by atoms with Crippen molar-refractivity contribution in [3.8, 4) is 23.1 Å². The zero-order valence-electron chi connectivity index (χ0n) is 19.5. The molecule has 174 valence electrons. The second kappa shape index (κ2) is 8.67. The van der Waals surface area contributed by atoms with Crippen LogP contribution >= 0.6 is 0 Å². The molecule has 1 aliphatic carbocycles. The molecule has 2 aliphatic heterocycles. The summed E-state index contributed by atoms with van der Waals surface area (Å²) in [7, 11) is 0. The number of hydrogen-bond acceptors (Lipinski definition) is 4. The van der Waals surface area contributed by atoms with Gasteiger partial charge in [-0.15, -0.1) is 0 Å². The van der Waals surface area contributed by atoms with Gasteiger partial charge in [0, 0.05) is 23.9 Å². The highest BCUT2D eigenvalue weighted by Crippen LogP contribution is 2.41. The van der Waals surface area contributed by atoms with Crippen molar-refractivity contribution in [3.63, 3.8) is 0 Å². The third-order valence-corrected chi connectivity index (χ3v) is 8.07. The van der Waals surface area contributed by atoms with Crippen LogP contribution in [-0.4, -0.2) is 41.3 Å². The van der Waals surface area contributed by atoms with E-state index in [9.17, 15) is 9.65 Å². The molecule has 2 aromatic carbocycles. The van der Waals surface area contributed by atoms with Gasteiger partial charge >= 0.3 is 0 Å². The van der Waals surface area contributed by atoms with Crippen LogP contribution in [-0.2, 0) is 19.3 Å². The second-order valence-electron chi connectivity index (χ2n) is 10.2. The summed E-state index contributed by atoms with van der Waals surface area (Å²) in [5.41, 5.74) is 6.85. The predicted molar refractivity (Wildman–Crippen MR) is 132 cm³/mol. The summed E-state index contributed by atoms with van der Waals surface area (Å²) in [6.07, 6.45) is 6.81. The number of nitriles is 1. The lowest BCUT2D eigenvalue weighted by Gasteiger charge is -2.31. The number of alkyl halides is 1. The summed E-state index contributed by atoms with van der Waals surface area (Å²) in [6.45, 7) is 1.87. The zero-order chi connectivity index (χ0) is 23.1. The number of nitrogens with zero attached hydrogens (tertiary/aromatic N) is 3. The molecule has 3 aliphatic rings. The fourth-order valence-electron chi connectivity index (χ4n) is 6.40. The largest absolute Gasteiger partial charge is 0.475 e. The van der Waals surface area contributed by atoms with Gasteiger partial charge in [-0.3, -0.25) is 4.90 Å². The Kier molecular flexibility index (Phi) is 5.50. The standard InChI is InChI=1S/C29H30FN3O/c30-24-17-29(12-4-14-33(29)18-24)19-34-28-23(11-13-31)15-22-10-9-21(16-27(22)32-28)26-8-3-6-20-5-1-2-7-25(20)26/h3,6,8-10,15-16,24H,1-2,4-5,7,11-12,14,17-19H2/t24-,29+/m1/s1. The van der Waals surface area contributed by atoms with Crippen LogP contribution in [0.4, 0.5) is 4.39 Å². The molecule has 0 bridgehead atoms. The van der Waals surface area contributed by atoms with Crippen molar-refractivity contribution in [2.45, 2.75) is 63.1 Å². The monoisotopic (exact) mass is 455 g/mol. The van der Waals surface area contributed by atoms with E-state index in [0.29, 0.717) is 25.5 Å². The van der Waals surface area contributed by atoms with E-state index in [-0.39, 0.29) is 12.0 Å². The van der Waals surface area contributed by atoms with Crippen LogP contribution in [0.5, 0.6) is 5.88 Å². The zero-order valence-corrected chi connectivity index (χ0v) is 19.5. The molecule has 1 aromatic heterocycles. The molecule has 0 radical (unpaired) electrons. The quantitative estimate of drug-likeness (QED) is 0.488. The number of ether oxygens (including phenoxy) is 1. The second-order valence-corrected chi connectivity index (χ2v) is 10.2. The third-order valence-electron chi connectivity index (χ3n) is 8.07. The molecule has 0 spiro atoms. The Morgan fingerprint density at radius 1 is 1.15 bits per heavy atom. The highest BCUT2D eigenvalue weighted by molar-refractivity contribution is 5.86. The number of fused-ring (bicyclic) bond motifs is 3. The highest BCUT2D eigenvalue weighted by atomic mass is 19.1. The number of hydrogen-bond donors (Lipinski definition) is 0. The first-order valence-corrected chi connectivity index (χ1v) is 12.6. The molecule has 0 unspecified atom stereocenters. The number of pyridine rings is 1. The summed E-state index contributed by atoms with van der Waals surface area (Å²) in [5, 5.41) is 10.4. The van der Waals surface area contributed by atoms with Crippen molar-refractivity contribution in [3.05, 3.63) is 59.2 Å². The van der Waals surface area contributed by atoms with Crippen LogP contribution in [0.15, 0.2) is 42.5 Å². The van der Waals surface area contributed by atoms with Gasteiger partial charge in [-0.25, -0.2) is 9.37 Å². The third kappa shape index (κ3) is 3.75. The molecule has 3 heterocycles. The highest BCUT2D eigenvalue weighted by Gasteiger charge is 2.49. The smallest absolute Gasteiger partial charge is 0.218 e. The van der Waals surface area contributed by atoms with Crippen molar-refractivity contribution < 1.29 is 9.13 Å². The predicted octanol–water partition coefficient (Wildman–Crippen LogP) is 5.80. The maximum absolute atomic E-state index is 14.2. The molecule has 34 heavy (non-hydrogen) atoms. The Labute approximate surface area is 200 Å². The van der Waals surface area contributed by atoms with Gasteiger partial charge in [0.25, 0.3) is 0 Å². The minimum Gasteiger partial charge on any atom is -0.475 e. The van der Waals surface area contributed by atoms with E-state index >= 15 is 0 Å². The fourth-order valence-corrected chi connectivity index (χ4v) is 6.40. The molecular weight excluding hydrogens is 425 g/mol. The Bertz CT molecular complexity index is 1280. The molecule has 5 heteroatoms. The van der Waals surface area contributed by atoms with E-state index in [0.717, 1.165) is 48.7 Å². The molecule has 2 atom stereocenters. The fraction of sp³-hybridized carbons (Fsp3) is 0.448. The van der Waals surface area contributed by atoms with Gasteiger partial charge in [0.05, 0.1) is 23.5 Å². The lowest BCUT2D eigenvalue weighted by Crippen LogP contribution is -2.43. The first-order valence-electron chi connectivity index (χ1n) is 12.6. The van der Waals surface area contributed by atoms with Crippen LogP contribution in [0.1, 0.15) is 48.8 Å². The number of benzene rings is 2. The molecule has 0 saturated carbocycles. The van der Waals surface area contributed by atoms with Crippen LogP contribution in [0.2, 0.25) is 0 Å². The summed E-state index contributed by atoms with van der Waals surface area (Å²) in [5.74, 6) is 0.518. The number of halogens is 1. The van der Waals surface area contributed by atoms with Crippen molar-refractivity contribution in [2.24, 2.45) is 0 Å². The van der Waals surface area contributed by atoms with Crippen LogP contribution < -0.4 is 4.74 Å². The van der Waals surface area contributed by atoms with Gasteiger partial charge in [0.15, 0.2) is 0 Å². The molecule has 2 fully saturated rings. The van der Waals surface area contributed by atoms with Crippen molar-refractivity contribution in [1.82, 2.24) is 9.88 Å². The number of aryl methyl sites for hydroxylation is 1. The normalized spacial score (nSPS) is 24.1. The topological polar surface area (TPSA) is 49.1 Å².